The van der Waals surface area contributed by atoms with Crippen molar-refractivity contribution in [2.45, 2.75) is 19.8 Å². The van der Waals surface area contributed by atoms with Gasteiger partial charge < -0.3 is 20.1 Å². The lowest BCUT2D eigenvalue weighted by atomic mass is 10.2. The molecule has 0 saturated heterocycles. The SMILES string of the molecule is CNc1cc(Nc2ccc3c(c2)OCO3)nc(C(C)C)n1. The van der Waals surface area contributed by atoms with E-state index in [0.29, 0.717) is 0 Å². The summed E-state index contributed by atoms with van der Waals surface area (Å²) >= 11 is 0. The predicted molar refractivity (Wildman–Crippen MR) is 81.5 cm³/mol. The maximum absolute atomic E-state index is 5.38. The van der Waals surface area contributed by atoms with E-state index in [1.165, 1.54) is 0 Å². The summed E-state index contributed by atoms with van der Waals surface area (Å²) in [6.07, 6.45) is 0. The van der Waals surface area contributed by atoms with E-state index in [4.69, 9.17) is 9.47 Å². The normalized spacial score (nSPS) is 12.6. The minimum absolute atomic E-state index is 0.260. The van der Waals surface area contributed by atoms with Gasteiger partial charge in [0.15, 0.2) is 11.5 Å². The smallest absolute Gasteiger partial charge is 0.231 e. The zero-order chi connectivity index (χ0) is 14.8. The fourth-order valence-corrected chi connectivity index (χ4v) is 2.04. The fourth-order valence-electron chi connectivity index (χ4n) is 2.04. The van der Waals surface area contributed by atoms with E-state index in [1.54, 1.807) is 0 Å². The van der Waals surface area contributed by atoms with E-state index in [2.05, 4.69) is 34.4 Å². The van der Waals surface area contributed by atoms with Crippen LogP contribution in [0.25, 0.3) is 0 Å². The molecule has 2 heterocycles. The van der Waals surface area contributed by atoms with Crippen LogP contribution in [-0.2, 0) is 0 Å². The Morgan fingerprint density at radius 1 is 1.05 bits per heavy atom. The van der Waals surface area contributed by atoms with Crippen LogP contribution in [0.1, 0.15) is 25.6 Å². The van der Waals surface area contributed by atoms with Crippen LogP contribution in [-0.4, -0.2) is 23.8 Å². The standard InChI is InChI=1S/C15H18N4O2/c1-9(2)15-18-13(16-3)7-14(19-15)17-10-4-5-11-12(6-10)21-8-20-11/h4-7,9H,8H2,1-3H3,(H2,16,17,18,19). The second-order valence-corrected chi connectivity index (χ2v) is 5.09. The number of nitrogens with zero attached hydrogens (tertiary/aromatic N) is 2. The molecule has 2 N–H and O–H groups in total. The predicted octanol–water partition coefficient (Wildman–Crippen LogP) is 3.11. The van der Waals surface area contributed by atoms with E-state index >= 15 is 0 Å². The second kappa shape index (κ2) is 5.47. The van der Waals surface area contributed by atoms with Crippen LogP contribution in [0, 0.1) is 0 Å². The lowest BCUT2D eigenvalue weighted by Crippen LogP contribution is -2.05. The monoisotopic (exact) mass is 286 g/mol. The quantitative estimate of drug-likeness (QED) is 0.900. The summed E-state index contributed by atoms with van der Waals surface area (Å²) < 4.78 is 10.7. The molecule has 0 fully saturated rings. The van der Waals surface area contributed by atoms with Crippen molar-refractivity contribution < 1.29 is 9.47 Å². The van der Waals surface area contributed by atoms with Crippen LogP contribution in [0.2, 0.25) is 0 Å². The van der Waals surface area contributed by atoms with Crippen molar-refractivity contribution in [1.82, 2.24) is 9.97 Å². The first-order chi connectivity index (χ1) is 10.2. The molecule has 0 bridgehead atoms. The van der Waals surface area contributed by atoms with Crippen LogP contribution in [0.3, 0.4) is 0 Å². The van der Waals surface area contributed by atoms with Crippen LogP contribution in [0.15, 0.2) is 24.3 Å². The molecule has 0 atom stereocenters. The minimum Gasteiger partial charge on any atom is -0.454 e. The number of hydrogen-bond donors (Lipinski definition) is 2. The Hall–Kier alpha value is -2.50. The molecule has 110 valence electrons. The average Bonchev–Trinajstić information content (AvgIpc) is 2.94. The summed E-state index contributed by atoms with van der Waals surface area (Å²) in [4.78, 5) is 8.98. The third-order valence-corrected chi connectivity index (χ3v) is 3.16. The molecular formula is C15H18N4O2. The zero-order valence-electron chi connectivity index (χ0n) is 12.3. The number of benzene rings is 1. The number of nitrogens with one attached hydrogen (secondary N) is 2. The van der Waals surface area contributed by atoms with Gasteiger partial charge in [0.25, 0.3) is 0 Å². The molecule has 1 aliphatic rings. The van der Waals surface area contributed by atoms with Crippen molar-refractivity contribution in [3.8, 4) is 11.5 Å². The van der Waals surface area contributed by atoms with Crippen LogP contribution < -0.4 is 20.1 Å². The van der Waals surface area contributed by atoms with Gasteiger partial charge in [-0.25, -0.2) is 9.97 Å². The Balaban J connectivity index is 1.88. The topological polar surface area (TPSA) is 68.3 Å². The van der Waals surface area contributed by atoms with E-state index in [0.717, 1.165) is 34.6 Å². The Morgan fingerprint density at radius 2 is 1.81 bits per heavy atom. The Morgan fingerprint density at radius 3 is 2.57 bits per heavy atom. The van der Waals surface area contributed by atoms with Crippen molar-refractivity contribution in [2.75, 3.05) is 24.5 Å². The highest BCUT2D eigenvalue weighted by molar-refractivity contribution is 5.63. The second-order valence-electron chi connectivity index (χ2n) is 5.09. The number of aromatic nitrogens is 2. The highest BCUT2D eigenvalue weighted by atomic mass is 16.7. The molecule has 1 aromatic carbocycles. The highest BCUT2D eigenvalue weighted by Crippen LogP contribution is 2.35. The van der Waals surface area contributed by atoms with Gasteiger partial charge in [0, 0.05) is 30.8 Å². The number of hydrogen-bond acceptors (Lipinski definition) is 6. The molecule has 0 amide bonds. The maximum Gasteiger partial charge on any atom is 0.231 e. The van der Waals surface area contributed by atoms with Gasteiger partial charge in [-0.05, 0) is 12.1 Å². The van der Waals surface area contributed by atoms with Gasteiger partial charge in [-0.3, -0.25) is 0 Å². The first-order valence-corrected chi connectivity index (χ1v) is 6.89. The minimum atomic E-state index is 0.260. The first kappa shape index (κ1) is 13.5. The van der Waals surface area contributed by atoms with Gasteiger partial charge in [0.1, 0.15) is 17.5 Å². The van der Waals surface area contributed by atoms with Crippen molar-refractivity contribution in [2.24, 2.45) is 0 Å². The summed E-state index contributed by atoms with van der Waals surface area (Å²) in [7, 11) is 1.84. The number of rotatable bonds is 4. The van der Waals surface area contributed by atoms with Crippen LogP contribution >= 0.6 is 0 Å². The molecule has 0 unspecified atom stereocenters. The van der Waals surface area contributed by atoms with Crippen molar-refractivity contribution >= 4 is 17.3 Å². The Kier molecular flexibility index (Phi) is 3.51. The lowest BCUT2D eigenvalue weighted by molar-refractivity contribution is 0.174. The molecule has 1 aromatic heterocycles. The largest absolute Gasteiger partial charge is 0.454 e. The molecular weight excluding hydrogens is 268 g/mol. The zero-order valence-corrected chi connectivity index (χ0v) is 12.3. The van der Waals surface area contributed by atoms with Gasteiger partial charge in [-0.15, -0.1) is 0 Å². The van der Waals surface area contributed by atoms with Gasteiger partial charge >= 0.3 is 0 Å². The van der Waals surface area contributed by atoms with Crippen molar-refractivity contribution in [3.63, 3.8) is 0 Å². The van der Waals surface area contributed by atoms with Gasteiger partial charge in [-0.2, -0.15) is 0 Å². The molecule has 0 saturated carbocycles. The average molecular weight is 286 g/mol. The van der Waals surface area contributed by atoms with Gasteiger partial charge in [0.05, 0.1) is 0 Å². The van der Waals surface area contributed by atoms with E-state index in [-0.39, 0.29) is 12.7 Å². The lowest BCUT2D eigenvalue weighted by Gasteiger charge is -2.11. The number of fused-ring (bicyclic) bond motifs is 1. The highest BCUT2D eigenvalue weighted by Gasteiger charge is 2.14. The van der Waals surface area contributed by atoms with Crippen LogP contribution in [0.5, 0.6) is 11.5 Å². The molecule has 2 aromatic rings. The number of anilines is 3. The fraction of sp³-hybridized carbons (Fsp3) is 0.333. The third kappa shape index (κ3) is 2.84. The molecule has 21 heavy (non-hydrogen) atoms. The molecule has 0 spiro atoms. The molecule has 0 aliphatic carbocycles. The Bertz CT molecular complexity index is 658. The maximum atomic E-state index is 5.38. The molecule has 0 radical (unpaired) electrons. The molecule has 1 aliphatic heterocycles. The summed E-state index contributed by atoms with van der Waals surface area (Å²) in [6, 6.07) is 7.59. The number of ether oxygens (including phenoxy) is 2. The van der Waals surface area contributed by atoms with Crippen molar-refractivity contribution in [3.05, 3.63) is 30.1 Å². The summed E-state index contributed by atoms with van der Waals surface area (Å²) in [6.45, 7) is 4.41. The summed E-state index contributed by atoms with van der Waals surface area (Å²) in [5.41, 5.74) is 0.898. The van der Waals surface area contributed by atoms with Gasteiger partial charge in [0.2, 0.25) is 6.79 Å². The summed E-state index contributed by atoms with van der Waals surface area (Å²) in [5, 5.41) is 6.33. The van der Waals surface area contributed by atoms with Crippen LogP contribution in [0.4, 0.5) is 17.3 Å². The van der Waals surface area contributed by atoms with E-state index in [9.17, 15) is 0 Å². The molecule has 6 heteroatoms. The van der Waals surface area contributed by atoms with Crippen molar-refractivity contribution in [1.29, 1.82) is 0 Å². The Labute approximate surface area is 123 Å². The summed E-state index contributed by atoms with van der Waals surface area (Å²) in [5.74, 6) is 4.10. The third-order valence-electron chi connectivity index (χ3n) is 3.16. The van der Waals surface area contributed by atoms with E-state index in [1.807, 2.05) is 31.3 Å². The van der Waals surface area contributed by atoms with Gasteiger partial charge in [-0.1, -0.05) is 13.8 Å². The van der Waals surface area contributed by atoms with E-state index < -0.39 is 0 Å². The molecule has 3 rings (SSSR count). The molecule has 6 nitrogen and oxygen atoms in total. The first-order valence-electron chi connectivity index (χ1n) is 6.89.